The van der Waals surface area contributed by atoms with Gasteiger partial charge in [-0.25, -0.2) is 9.78 Å². The molecule has 0 saturated carbocycles. The molecule has 1 aliphatic rings. The Kier molecular flexibility index (Phi) is 6.00. The Morgan fingerprint density at radius 3 is 3.00 bits per heavy atom. The lowest BCUT2D eigenvalue weighted by Gasteiger charge is -2.35. The number of anilines is 1. The van der Waals surface area contributed by atoms with Crippen molar-refractivity contribution in [1.29, 1.82) is 0 Å². The Labute approximate surface area is 132 Å². The van der Waals surface area contributed by atoms with Crippen molar-refractivity contribution in [3.63, 3.8) is 0 Å². The Balaban J connectivity index is 1.92. The molecule has 2 rings (SSSR count). The molecule has 0 bridgehead atoms. The van der Waals surface area contributed by atoms with Gasteiger partial charge in [-0.15, -0.1) is 0 Å². The number of nitrogens with zero attached hydrogens (tertiary/aromatic N) is 3. The van der Waals surface area contributed by atoms with Crippen LogP contribution >= 0.6 is 0 Å². The van der Waals surface area contributed by atoms with E-state index in [1.807, 2.05) is 42.1 Å². The summed E-state index contributed by atoms with van der Waals surface area (Å²) in [5, 5.41) is 12.1. The third-order valence-electron chi connectivity index (χ3n) is 4.02. The highest BCUT2D eigenvalue weighted by Crippen LogP contribution is 2.19. The number of urea groups is 1. The van der Waals surface area contributed by atoms with Gasteiger partial charge in [0.1, 0.15) is 5.82 Å². The van der Waals surface area contributed by atoms with E-state index < -0.39 is 0 Å². The fourth-order valence-corrected chi connectivity index (χ4v) is 2.80. The van der Waals surface area contributed by atoms with Gasteiger partial charge in [0.25, 0.3) is 0 Å². The van der Waals surface area contributed by atoms with E-state index in [9.17, 15) is 4.79 Å². The van der Waals surface area contributed by atoms with Gasteiger partial charge in [-0.05, 0) is 37.8 Å². The molecule has 1 aliphatic heterocycles. The first kappa shape index (κ1) is 16.5. The van der Waals surface area contributed by atoms with E-state index in [2.05, 4.69) is 10.3 Å². The number of hydrogen-bond donors (Lipinski definition) is 2. The third-order valence-corrected chi connectivity index (χ3v) is 4.02. The number of aliphatic hydroxyl groups is 1. The van der Waals surface area contributed by atoms with Crippen molar-refractivity contribution in [1.82, 2.24) is 15.2 Å². The first-order valence-electron chi connectivity index (χ1n) is 7.90. The van der Waals surface area contributed by atoms with E-state index in [-0.39, 0.29) is 18.7 Å². The molecule has 0 radical (unpaired) electrons. The fourth-order valence-electron chi connectivity index (χ4n) is 2.80. The van der Waals surface area contributed by atoms with E-state index in [0.29, 0.717) is 13.0 Å². The molecule has 1 atom stereocenters. The highest BCUT2D eigenvalue weighted by atomic mass is 16.3. The van der Waals surface area contributed by atoms with Gasteiger partial charge in [0.05, 0.1) is 12.2 Å². The summed E-state index contributed by atoms with van der Waals surface area (Å²) in [6.07, 6.45) is 3.79. The van der Waals surface area contributed by atoms with Gasteiger partial charge in [0.15, 0.2) is 0 Å². The highest BCUT2D eigenvalue weighted by Gasteiger charge is 2.25. The van der Waals surface area contributed by atoms with Crippen LogP contribution in [0.25, 0.3) is 0 Å². The van der Waals surface area contributed by atoms with Crippen molar-refractivity contribution in [3.8, 4) is 0 Å². The number of aromatic nitrogens is 1. The first-order chi connectivity index (χ1) is 10.6. The summed E-state index contributed by atoms with van der Waals surface area (Å²) in [7, 11) is 3.88. The van der Waals surface area contributed by atoms with Crippen LogP contribution in [-0.4, -0.2) is 54.3 Å². The van der Waals surface area contributed by atoms with Gasteiger partial charge in [0.2, 0.25) is 0 Å². The molecule has 0 aromatic carbocycles. The SMILES string of the molecule is CN(C)c1cccc(CNC(=O)N2CCCCC2CCO)n1. The first-order valence-corrected chi connectivity index (χ1v) is 7.90. The van der Waals surface area contributed by atoms with Crippen LogP contribution in [0.15, 0.2) is 18.2 Å². The average Bonchev–Trinajstić information content (AvgIpc) is 2.53. The van der Waals surface area contributed by atoms with E-state index >= 15 is 0 Å². The zero-order valence-corrected chi connectivity index (χ0v) is 13.5. The van der Waals surface area contributed by atoms with Gasteiger partial charge < -0.3 is 20.2 Å². The number of amides is 2. The lowest BCUT2D eigenvalue weighted by molar-refractivity contribution is 0.131. The summed E-state index contributed by atoms with van der Waals surface area (Å²) in [6, 6.07) is 5.89. The number of hydrogen-bond acceptors (Lipinski definition) is 4. The number of carbonyl (C=O) groups excluding carboxylic acids is 1. The fraction of sp³-hybridized carbons (Fsp3) is 0.625. The number of nitrogens with one attached hydrogen (secondary N) is 1. The molecule has 2 amide bonds. The molecular weight excluding hydrogens is 280 g/mol. The van der Waals surface area contributed by atoms with Crippen LogP contribution in [0.4, 0.5) is 10.6 Å². The van der Waals surface area contributed by atoms with E-state index in [1.165, 1.54) is 0 Å². The Morgan fingerprint density at radius 2 is 2.27 bits per heavy atom. The van der Waals surface area contributed by atoms with Gasteiger partial charge in [-0.3, -0.25) is 0 Å². The molecule has 1 fully saturated rings. The zero-order chi connectivity index (χ0) is 15.9. The lowest BCUT2D eigenvalue weighted by atomic mass is 10.0. The smallest absolute Gasteiger partial charge is 0.317 e. The summed E-state index contributed by atoms with van der Waals surface area (Å²) in [4.78, 5) is 20.7. The monoisotopic (exact) mass is 306 g/mol. The third kappa shape index (κ3) is 4.34. The van der Waals surface area contributed by atoms with Crippen LogP contribution in [0.2, 0.25) is 0 Å². The topological polar surface area (TPSA) is 68.7 Å². The molecule has 0 spiro atoms. The Morgan fingerprint density at radius 1 is 1.45 bits per heavy atom. The number of likely N-dealkylation sites (tertiary alicyclic amines) is 1. The molecular formula is C16H26N4O2. The van der Waals surface area contributed by atoms with E-state index in [4.69, 9.17) is 5.11 Å². The molecule has 6 nitrogen and oxygen atoms in total. The standard InChI is InChI=1S/C16H26N4O2/c1-19(2)15-8-5-6-13(18-15)12-17-16(22)20-10-4-3-7-14(20)9-11-21/h5-6,8,14,21H,3-4,7,9-12H2,1-2H3,(H,17,22). The maximum absolute atomic E-state index is 12.4. The summed E-state index contributed by atoms with van der Waals surface area (Å²) >= 11 is 0. The molecule has 0 aliphatic carbocycles. The molecule has 122 valence electrons. The second-order valence-corrected chi connectivity index (χ2v) is 5.90. The quantitative estimate of drug-likeness (QED) is 0.867. The number of rotatable bonds is 5. The summed E-state index contributed by atoms with van der Waals surface area (Å²) in [5.41, 5.74) is 0.843. The van der Waals surface area contributed by atoms with Crippen LogP contribution in [0.3, 0.4) is 0 Å². The van der Waals surface area contributed by atoms with Crippen molar-refractivity contribution >= 4 is 11.8 Å². The van der Waals surface area contributed by atoms with E-state index in [0.717, 1.165) is 37.3 Å². The van der Waals surface area contributed by atoms with Gasteiger partial charge in [0, 0.05) is 33.3 Å². The summed E-state index contributed by atoms with van der Waals surface area (Å²) in [5.74, 6) is 0.878. The van der Waals surface area contributed by atoms with Crippen LogP contribution in [-0.2, 0) is 6.54 Å². The average molecular weight is 306 g/mol. The van der Waals surface area contributed by atoms with E-state index in [1.54, 1.807) is 0 Å². The van der Waals surface area contributed by atoms with Crippen LogP contribution in [0, 0.1) is 0 Å². The molecule has 2 N–H and O–H groups in total. The number of carbonyl (C=O) groups is 1. The van der Waals surface area contributed by atoms with Gasteiger partial charge >= 0.3 is 6.03 Å². The Hall–Kier alpha value is -1.82. The van der Waals surface area contributed by atoms with Crippen molar-refractivity contribution in [3.05, 3.63) is 23.9 Å². The maximum Gasteiger partial charge on any atom is 0.317 e. The second-order valence-electron chi connectivity index (χ2n) is 5.90. The molecule has 1 aromatic rings. The van der Waals surface area contributed by atoms with Crippen LogP contribution < -0.4 is 10.2 Å². The minimum atomic E-state index is -0.0600. The molecule has 22 heavy (non-hydrogen) atoms. The largest absolute Gasteiger partial charge is 0.396 e. The number of aliphatic hydroxyl groups excluding tert-OH is 1. The summed E-state index contributed by atoms with van der Waals surface area (Å²) in [6.45, 7) is 1.31. The molecule has 1 aromatic heterocycles. The minimum absolute atomic E-state index is 0.0600. The predicted octanol–water partition coefficient (Wildman–Crippen LogP) is 1.59. The number of piperidine rings is 1. The molecule has 1 unspecified atom stereocenters. The molecule has 6 heteroatoms. The highest BCUT2D eigenvalue weighted by molar-refractivity contribution is 5.74. The normalized spacial score (nSPS) is 18.1. The maximum atomic E-state index is 12.4. The Bertz CT molecular complexity index is 491. The van der Waals surface area contributed by atoms with Gasteiger partial charge in [-0.2, -0.15) is 0 Å². The van der Waals surface area contributed by atoms with Gasteiger partial charge in [-0.1, -0.05) is 6.07 Å². The lowest BCUT2D eigenvalue weighted by Crippen LogP contribution is -2.48. The second kappa shape index (κ2) is 7.98. The van der Waals surface area contributed by atoms with Crippen molar-refractivity contribution in [2.45, 2.75) is 38.3 Å². The van der Waals surface area contributed by atoms with Crippen LogP contribution in [0.5, 0.6) is 0 Å². The van der Waals surface area contributed by atoms with Crippen molar-refractivity contribution in [2.75, 3.05) is 32.1 Å². The number of pyridine rings is 1. The zero-order valence-electron chi connectivity index (χ0n) is 13.5. The summed E-state index contributed by atoms with van der Waals surface area (Å²) < 4.78 is 0. The van der Waals surface area contributed by atoms with Crippen molar-refractivity contribution < 1.29 is 9.90 Å². The van der Waals surface area contributed by atoms with Crippen molar-refractivity contribution in [2.24, 2.45) is 0 Å². The predicted molar refractivity (Wildman–Crippen MR) is 86.8 cm³/mol. The van der Waals surface area contributed by atoms with Crippen LogP contribution in [0.1, 0.15) is 31.4 Å². The minimum Gasteiger partial charge on any atom is -0.396 e. The molecule has 2 heterocycles. The molecule has 1 saturated heterocycles.